The third-order valence-corrected chi connectivity index (χ3v) is 7.18. The molecule has 1 saturated carbocycles. The summed E-state index contributed by atoms with van der Waals surface area (Å²) >= 11 is 7.65. The summed E-state index contributed by atoms with van der Waals surface area (Å²) in [5.74, 6) is 0. The number of amides is 1. The van der Waals surface area contributed by atoms with E-state index in [4.69, 9.17) is 26.8 Å². The number of carbonyl (C=O) groups excluding carboxylic acids is 1. The molecule has 0 bridgehead atoms. The van der Waals surface area contributed by atoms with Gasteiger partial charge in [-0.2, -0.15) is 0 Å². The Kier molecular flexibility index (Phi) is 6.82. The van der Waals surface area contributed by atoms with Crippen LogP contribution in [0.1, 0.15) is 18.4 Å². The number of imidazole rings is 1. The fourth-order valence-electron chi connectivity index (χ4n) is 4.29. The fraction of sp³-hybridized carbons (Fsp3) is 0.435. The molecule has 3 heterocycles. The van der Waals surface area contributed by atoms with Crippen molar-refractivity contribution in [1.82, 2.24) is 19.9 Å². The van der Waals surface area contributed by atoms with E-state index in [1.165, 1.54) is 22.7 Å². The van der Waals surface area contributed by atoms with Gasteiger partial charge in [-0.1, -0.05) is 11.6 Å². The minimum Gasteiger partial charge on any atom is -0.399 e. The molecule has 11 heteroatoms. The quantitative estimate of drug-likeness (QED) is 0.299. The number of anilines is 2. The molecule has 0 radical (unpaired) electrons. The summed E-state index contributed by atoms with van der Waals surface area (Å²) in [6.07, 6.45) is 5.09. The summed E-state index contributed by atoms with van der Waals surface area (Å²) in [6.45, 7) is 3.57. The molecule has 1 aliphatic carbocycles. The monoisotopic (exact) mass is 502 g/mol. The van der Waals surface area contributed by atoms with Crippen molar-refractivity contribution in [2.45, 2.75) is 36.5 Å². The van der Waals surface area contributed by atoms with Gasteiger partial charge in [-0.25, -0.2) is 19.3 Å². The number of nitrogens with zero attached hydrogens (tertiary/aromatic N) is 4. The minimum absolute atomic E-state index is 0.0645. The number of aromatic nitrogens is 3. The van der Waals surface area contributed by atoms with Gasteiger partial charge >= 0.3 is 6.03 Å². The summed E-state index contributed by atoms with van der Waals surface area (Å²) in [4.78, 5) is 24.8. The predicted octanol–water partition coefficient (Wildman–Crippen LogP) is 3.53. The van der Waals surface area contributed by atoms with Gasteiger partial charge in [0.15, 0.2) is 5.65 Å². The first-order valence-electron chi connectivity index (χ1n) is 11.2. The molecule has 5 rings (SSSR count). The summed E-state index contributed by atoms with van der Waals surface area (Å²) in [5, 5.41) is 3.38. The Morgan fingerprint density at radius 2 is 2.12 bits per heavy atom. The van der Waals surface area contributed by atoms with Crippen LogP contribution in [0.4, 0.5) is 16.2 Å². The van der Waals surface area contributed by atoms with Gasteiger partial charge in [0, 0.05) is 29.4 Å². The van der Waals surface area contributed by atoms with Crippen LogP contribution >= 0.6 is 23.4 Å². The van der Waals surface area contributed by atoms with Crippen LogP contribution in [0, 0.1) is 0 Å². The third kappa shape index (κ3) is 4.81. The topological polar surface area (TPSA) is 108 Å². The lowest BCUT2D eigenvalue weighted by Crippen LogP contribution is -2.52. The number of thioether (sulfide) groups is 1. The fourth-order valence-corrected chi connectivity index (χ4v) is 5.11. The number of fused-ring (bicyclic) bond motifs is 1. The number of benzene rings is 1. The van der Waals surface area contributed by atoms with Gasteiger partial charge in [0.2, 0.25) is 0 Å². The molecule has 2 aromatic heterocycles. The van der Waals surface area contributed by atoms with E-state index in [0.717, 1.165) is 55.3 Å². The molecule has 2 fully saturated rings. The van der Waals surface area contributed by atoms with Crippen molar-refractivity contribution >= 4 is 51.9 Å². The number of hydrogen-bond donors (Lipinski definition) is 2. The number of nitrogens with two attached hydrogens (primary N) is 1. The Hall–Kier alpha value is -2.53. The van der Waals surface area contributed by atoms with Crippen LogP contribution in [0.2, 0.25) is 5.15 Å². The molecule has 1 aromatic carbocycles. The number of pyridine rings is 1. The highest BCUT2D eigenvalue weighted by Crippen LogP contribution is 2.29. The van der Waals surface area contributed by atoms with Crippen molar-refractivity contribution in [2.75, 3.05) is 43.2 Å². The molecule has 3 aromatic rings. The molecule has 0 spiro atoms. The minimum atomic E-state index is -0.291. The lowest BCUT2D eigenvalue weighted by atomic mass is 9.89. The van der Waals surface area contributed by atoms with Crippen LogP contribution in [-0.2, 0) is 16.1 Å². The van der Waals surface area contributed by atoms with E-state index in [2.05, 4.69) is 26.3 Å². The molecule has 3 N–H and O–H groups in total. The summed E-state index contributed by atoms with van der Waals surface area (Å²) in [5.41, 5.74) is 10.1. The zero-order valence-electron chi connectivity index (χ0n) is 18.9. The Morgan fingerprint density at radius 3 is 2.85 bits per heavy atom. The highest BCUT2D eigenvalue weighted by Gasteiger charge is 2.33. The van der Waals surface area contributed by atoms with Crippen LogP contribution < -0.4 is 16.0 Å². The van der Waals surface area contributed by atoms with Crippen LogP contribution in [0.15, 0.2) is 35.5 Å². The molecular formula is C23H27ClN6O3S. The van der Waals surface area contributed by atoms with Gasteiger partial charge in [-0.15, -0.1) is 11.8 Å². The number of nitrogens with one attached hydrogen (secondary N) is 1. The van der Waals surface area contributed by atoms with E-state index in [-0.39, 0.29) is 18.2 Å². The smallest absolute Gasteiger partial charge is 0.328 e. The van der Waals surface area contributed by atoms with Gasteiger partial charge in [-0.05, 0) is 48.9 Å². The van der Waals surface area contributed by atoms with Crippen LogP contribution in [0.5, 0.6) is 0 Å². The maximum Gasteiger partial charge on any atom is 0.328 e. The number of ether oxygens (including phenoxy) is 2. The first-order chi connectivity index (χ1) is 16.5. The zero-order valence-corrected chi connectivity index (χ0v) is 20.4. The average molecular weight is 503 g/mol. The Labute approximate surface area is 206 Å². The van der Waals surface area contributed by atoms with Crippen molar-refractivity contribution in [1.29, 1.82) is 0 Å². The van der Waals surface area contributed by atoms with E-state index in [1.54, 1.807) is 6.07 Å². The van der Waals surface area contributed by atoms with Crippen LogP contribution in [0.25, 0.3) is 11.2 Å². The Bertz CT molecular complexity index is 1200. The molecule has 34 heavy (non-hydrogen) atoms. The zero-order chi connectivity index (χ0) is 23.7. The lowest BCUT2D eigenvalue weighted by molar-refractivity contribution is -0.0323. The largest absolute Gasteiger partial charge is 0.399 e. The first kappa shape index (κ1) is 23.2. The van der Waals surface area contributed by atoms with E-state index in [0.29, 0.717) is 28.6 Å². The molecule has 2 aliphatic rings. The van der Waals surface area contributed by atoms with Crippen LogP contribution in [0.3, 0.4) is 0 Å². The lowest BCUT2D eigenvalue weighted by Gasteiger charge is -2.37. The standard InChI is InChI=1S/C23H27ClN6O3S/c1-34-19-11-20(24)28-22-21(19)26-13-30(22)23(31)27-17-2-3-18(17)33-12-14-8-15(25)10-16(9-14)29-4-6-32-7-5-29/h8-11,13,17-18H,2-7,12,25H2,1H3,(H,27,31)/t17-,18-/m1/s1. The van der Waals surface area contributed by atoms with E-state index < -0.39 is 0 Å². The van der Waals surface area contributed by atoms with E-state index in [9.17, 15) is 4.79 Å². The van der Waals surface area contributed by atoms with Crippen molar-refractivity contribution in [2.24, 2.45) is 0 Å². The van der Waals surface area contributed by atoms with E-state index in [1.807, 2.05) is 18.4 Å². The average Bonchev–Trinajstić information content (AvgIpc) is 3.25. The molecule has 2 atom stereocenters. The van der Waals surface area contributed by atoms with Gasteiger partial charge in [-0.3, -0.25) is 0 Å². The number of nitrogen functional groups attached to an aromatic ring is 1. The Morgan fingerprint density at radius 1 is 1.29 bits per heavy atom. The van der Waals surface area contributed by atoms with Gasteiger partial charge in [0.25, 0.3) is 0 Å². The van der Waals surface area contributed by atoms with Crippen molar-refractivity contribution < 1.29 is 14.3 Å². The second kappa shape index (κ2) is 9.99. The third-order valence-electron chi connectivity index (χ3n) is 6.24. The molecule has 180 valence electrons. The van der Waals surface area contributed by atoms with Gasteiger partial charge < -0.3 is 25.4 Å². The second-order valence-electron chi connectivity index (χ2n) is 8.45. The van der Waals surface area contributed by atoms with Gasteiger partial charge in [0.05, 0.1) is 32.0 Å². The molecule has 1 aliphatic heterocycles. The summed E-state index contributed by atoms with van der Waals surface area (Å²) in [7, 11) is 0. The molecule has 1 amide bonds. The molecule has 9 nitrogen and oxygen atoms in total. The maximum atomic E-state index is 13.0. The number of carbonyl (C=O) groups is 1. The first-order valence-corrected chi connectivity index (χ1v) is 12.8. The maximum absolute atomic E-state index is 13.0. The number of halogens is 1. The summed E-state index contributed by atoms with van der Waals surface area (Å²) < 4.78 is 13.0. The second-order valence-corrected chi connectivity index (χ2v) is 9.68. The van der Waals surface area contributed by atoms with E-state index >= 15 is 0 Å². The molecular weight excluding hydrogens is 476 g/mol. The summed E-state index contributed by atoms with van der Waals surface area (Å²) in [6, 6.07) is 7.42. The molecule has 0 unspecified atom stereocenters. The highest BCUT2D eigenvalue weighted by atomic mass is 35.5. The van der Waals surface area contributed by atoms with Gasteiger partial charge in [0.1, 0.15) is 17.0 Å². The van der Waals surface area contributed by atoms with Crippen LogP contribution in [-0.4, -0.2) is 65.3 Å². The van der Waals surface area contributed by atoms with Crippen molar-refractivity contribution in [3.8, 4) is 0 Å². The number of morpholine rings is 1. The highest BCUT2D eigenvalue weighted by molar-refractivity contribution is 7.98. The molecule has 1 saturated heterocycles. The number of rotatable bonds is 6. The predicted molar refractivity (Wildman–Crippen MR) is 134 cm³/mol. The van der Waals surface area contributed by atoms with Crippen molar-refractivity contribution in [3.63, 3.8) is 0 Å². The normalized spacial score (nSPS) is 20.4. The van der Waals surface area contributed by atoms with Crippen molar-refractivity contribution in [3.05, 3.63) is 41.3 Å². The Balaban J connectivity index is 1.22. The number of hydrogen-bond acceptors (Lipinski definition) is 8. The SMILES string of the molecule is CSc1cc(Cl)nc2c1ncn2C(=O)N[C@@H]1CC[C@H]1OCc1cc(N)cc(N2CCOCC2)c1.